The second kappa shape index (κ2) is 7.80. The van der Waals surface area contributed by atoms with Crippen LogP contribution < -0.4 is 10.1 Å². The first kappa shape index (κ1) is 18.7. The Hall–Kier alpha value is -2.32. The van der Waals surface area contributed by atoms with Crippen LogP contribution in [0.5, 0.6) is 5.88 Å². The molecule has 1 heterocycles. The fourth-order valence-corrected chi connectivity index (χ4v) is 1.69. The number of carboxylic acid groups (broad SMARTS) is 1. The van der Waals surface area contributed by atoms with Crippen LogP contribution in [-0.4, -0.2) is 40.8 Å². The van der Waals surface area contributed by atoms with Gasteiger partial charge in [-0.25, -0.2) is 9.78 Å². The van der Waals surface area contributed by atoms with Gasteiger partial charge in [-0.1, -0.05) is 20.3 Å². The van der Waals surface area contributed by atoms with Gasteiger partial charge in [0.25, 0.3) is 5.91 Å². The number of carbonyl (C=O) groups is 2. The zero-order valence-corrected chi connectivity index (χ0v) is 12.6. The third kappa shape index (κ3) is 6.13. The number of nitrogens with zero attached hydrogens (tertiary/aromatic N) is 1. The Morgan fingerprint density at radius 2 is 2.09 bits per heavy atom. The van der Waals surface area contributed by atoms with Crippen LogP contribution in [0, 0.1) is 5.92 Å². The van der Waals surface area contributed by atoms with Crippen LogP contribution in [0.2, 0.25) is 0 Å². The van der Waals surface area contributed by atoms with Gasteiger partial charge in [-0.05, 0) is 12.0 Å². The van der Waals surface area contributed by atoms with Gasteiger partial charge in [0.1, 0.15) is 6.04 Å². The molecule has 0 aliphatic rings. The lowest BCUT2D eigenvalue weighted by molar-refractivity contribution is -0.154. The van der Waals surface area contributed by atoms with Crippen molar-refractivity contribution in [3.63, 3.8) is 0 Å². The highest BCUT2D eigenvalue weighted by Crippen LogP contribution is 2.18. The zero-order valence-electron chi connectivity index (χ0n) is 12.6. The number of rotatable bonds is 7. The summed E-state index contributed by atoms with van der Waals surface area (Å²) >= 11 is 0. The molecule has 23 heavy (non-hydrogen) atoms. The highest BCUT2D eigenvalue weighted by Gasteiger charge is 2.29. The first-order chi connectivity index (χ1) is 10.6. The minimum Gasteiger partial charge on any atom is -0.480 e. The van der Waals surface area contributed by atoms with Crippen molar-refractivity contribution in [2.24, 2.45) is 5.92 Å². The average molecular weight is 334 g/mol. The van der Waals surface area contributed by atoms with Gasteiger partial charge in [0.15, 0.2) is 6.61 Å². The van der Waals surface area contributed by atoms with E-state index in [0.29, 0.717) is 6.42 Å². The number of nitrogens with one attached hydrogen (secondary N) is 1. The van der Waals surface area contributed by atoms with Crippen molar-refractivity contribution in [3.8, 4) is 5.88 Å². The fraction of sp³-hybridized carbons (Fsp3) is 0.500. The maximum absolute atomic E-state index is 12.1. The molecule has 0 aromatic carbocycles. The molecule has 0 bridgehead atoms. The standard InChI is InChI=1S/C14H17F3N2O4/c1-3-8(2)11(13(21)22)19-12(20)9-4-5-18-10(6-9)23-7-14(15,16)17/h4-6,8,11H,3,7H2,1-2H3,(H,19,20)(H,21,22)/t8-,11-/m0/s1. The molecule has 9 heteroatoms. The third-order valence-electron chi connectivity index (χ3n) is 3.15. The third-order valence-corrected chi connectivity index (χ3v) is 3.15. The van der Waals surface area contributed by atoms with Crippen LogP contribution in [-0.2, 0) is 4.79 Å². The lowest BCUT2D eigenvalue weighted by Crippen LogP contribution is -2.45. The van der Waals surface area contributed by atoms with Gasteiger partial charge in [-0.3, -0.25) is 4.79 Å². The predicted molar refractivity (Wildman–Crippen MR) is 74.1 cm³/mol. The number of pyridine rings is 1. The SMILES string of the molecule is CC[C@H](C)[C@H](NC(=O)c1ccnc(OCC(F)(F)F)c1)C(=O)O. The topological polar surface area (TPSA) is 88.5 Å². The maximum Gasteiger partial charge on any atom is 0.422 e. The zero-order chi connectivity index (χ0) is 17.6. The smallest absolute Gasteiger partial charge is 0.422 e. The number of hydrogen-bond acceptors (Lipinski definition) is 4. The Morgan fingerprint density at radius 3 is 2.61 bits per heavy atom. The second-order valence-electron chi connectivity index (χ2n) is 4.96. The van der Waals surface area contributed by atoms with E-state index >= 15 is 0 Å². The predicted octanol–water partition coefficient (Wildman–Crippen LogP) is 2.25. The fourth-order valence-electron chi connectivity index (χ4n) is 1.69. The summed E-state index contributed by atoms with van der Waals surface area (Å²) in [5.74, 6) is -2.59. The molecular formula is C14H17F3N2O4. The molecule has 0 aliphatic carbocycles. The van der Waals surface area contributed by atoms with Crippen LogP contribution in [0.25, 0.3) is 0 Å². The second-order valence-corrected chi connectivity index (χ2v) is 4.96. The molecule has 0 aliphatic heterocycles. The number of amides is 1. The van der Waals surface area contributed by atoms with Crippen LogP contribution >= 0.6 is 0 Å². The molecule has 1 aromatic heterocycles. The van der Waals surface area contributed by atoms with Crippen molar-refractivity contribution < 1.29 is 32.6 Å². The molecule has 128 valence electrons. The van der Waals surface area contributed by atoms with Gasteiger partial charge in [0, 0.05) is 17.8 Å². The molecule has 0 radical (unpaired) electrons. The highest BCUT2D eigenvalue weighted by atomic mass is 19.4. The van der Waals surface area contributed by atoms with E-state index < -0.39 is 30.7 Å². The van der Waals surface area contributed by atoms with Gasteiger partial charge < -0.3 is 15.2 Å². The van der Waals surface area contributed by atoms with E-state index in [1.807, 2.05) is 0 Å². The lowest BCUT2D eigenvalue weighted by atomic mass is 9.99. The first-order valence-electron chi connectivity index (χ1n) is 6.83. The summed E-state index contributed by atoms with van der Waals surface area (Å²) in [6.07, 6.45) is -2.88. The van der Waals surface area contributed by atoms with Crippen LogP contribution in [0.4, 0.5) is 13.2 Å². The van der Waals surface area contributed by atoms with Crippen molar-refractivity contribution in [1.29, 1.82) is 0 Å². The summed E-state index contributed by atoms with van der Waals surface area (Å²) in [5, 5.41) is 11.5. The molecule has 0 saturated heterocycles. The monoisotopic (exact) mass is 334 g/mol. The van der Waals surface area contributed by atoms with Gasteiger partial charge in [0.2, 0.25) is 5.88 Å². The lowest BCUT2D eigenvalue weighted by Gasteiger charge is -2.20. The van der Waals surface area contributed by atoms with E-state index in [0.717, 1.165) is 12.3 Å². The molecule has 0 fully saturated rings. The Kier molecular flexibility index (Phi) is 6.35. The van der Waals surface area contributed by atoms with Crippen LogP contribution in [0.15, 0.2) is 18.3 Å². The van der Waals surface area contributed by atoms with Gasteiger partial charge >= 0.3 is 12.1 Å². The normalized spacial score (nSPS) is 14.0. The van der Waals surface area contributed by atoms with E-state index in [1.165, 1.54) is 6.07 Å². The quantitative estimate of drug-likeness (QED) is 0.798. The van der Waals surface area contributed by atoms with Gasteiger partial charge in [0.05, 0.1) is 0 Å². The van der Waals surface area contributed by atoms with E-state index in [1.54, 1.807) is 13.8 Å². The molecule has 2 N–H and O–H groups in total. The Bertz CT molecular complexity index is 563. The molecular weight excluding hydrogens is 317 g/mol. The Balaban J connectivity index is 2.81. The molecule has 6 nitrogen and oxygen atoms in total. The summed E-state index contributed by atoms with van der Waals surface area (Å²) in [4.78, 5) is 26.8. The van der Waals surface area contributed by atoms with Gasteiger partial charge in [-0.2, -0.15) is 13.2 Å². The van der Waals surface area contributed by atoms with Crippen LogP contribution in [0.1, 0.15) is 30.6 Å². The number of hydrogen-bond donors (Lipinski definition) is 2. The minimum atomic E-state index is -4.52. The number of halogens is 3. The summed E-state index contributed by atoms with van der Waals surface area (Å²) < 4.78 is 40.7. The Morgan fingerprint density at radius 1 is 1.43 bits per heavy atom. The van der Waals surface area contributed by atoms with E-state index in [4.69, 9.17) is 5.11 Å². The number of aliphatic carboxylic acids is 1. The molecule has 0 saturated carbocycles. The molecule has 0 unspecified atom stereocenters. The minimum absolute atomic E-state index is 0.0354. The number of carbonyl (C=O) groups excluding carboxylic acids is 1. The molecule has 1 rings (SSSR count). The highest BCUT2D eigenvalue weighted by molar-refractivity contribution is 5.96. The average Bonchev–Trinajstić information content (AvgIpc) is 2.49. The van der Waals surface area contributed by atoms with Crippen molar-refractivity contribution in [3.05, 3.63) is 23.9 Å². The molecule has 1 amide bonds. The van der Waals surface area contributed by atoms with E-state index in [9.17, 15) is 22.8 Å². The summed E-state index contributed by atoms with van der Waals surface area (Å²) in [7, 11) is 0. The van der Waals surface area contributed by atoms with Gasteiger partial charge in [-0.15, -0.1) is 0 Å². The maximum atomic E-state index is 12.1. The molecule has 2 atom stereocenters. The number of ether oxygens (including phenoxy) is 1. The largest absolute Gasteiger partial charge is 0.480 e. The summed E-state index contributed by atoms with van der Waals surface area (Å²) in [6.45, 7) is 1.92. The van der Waals surface area contributed by atoms with Crippen LogP contribution in [0.3, 0.4) is 0 Å². The van der Waals surface area contributed by atoms with Crippen molar-refractivity contribution in [2.75, 3.05) is 6.61 Å². The molecule has 0 spiro atoms. The molecule has 1 aromatic rings. The van der Waals surface area contributed by atoms with E-state index in [-0.39, 0.29) is 17.4 Å². The Labute approximate surface area is 130 Å². The van der Waals surface area contributed by atoms with Crippen molar-refractivity contribution >= 4 is 11.9 Å². The number of aromatic nitrogens is 1. The van der Waals surface area contributed by atoms with Crippen molar-refractivity contribution in [1.82, 2.24) is 10.3 Å². The van der Waals surface area contributed by atoms with E-state index in [2.05, 4.69) is 15.0 Å². The number of alkyl halides is 3. The summed E-state index contributed by atoms with van der Waals surface area (Å²) in [6, 6.07) is 1.18. The number of carboxylic acids is 1. The first-order valence-corrected chi connectivity index (χ1v) is 6.83. The van der Waals surface area contributed by atoms with Crippen molar-refractivity contribution in [2.45, 2.75) is 32.5 Å². The summed E-state index contributed by atoms with van der Waals surface area (Å²) in [5.41, 5.74) is -0.0354.